The summed E-state index contributed by atoms with van der Waals surface area (Å²) in [7, 11) is 0. The van der Waals surface area contributed by atoms with Gasteiger partial charge in [-0.2, -0.15) is 0 Å². The molecular formula is C20H26N4O2. The van der Waals surface area contributed by atoms with Crippen LogP contribution in [0.25, 0.3) is 0 Å². The van der Waals surface area contributed by atoms with Gasteiger partial charge in [-0.15, -0.1) is 0 Å². The highest BCUT2D eigenvalue weighted by Crippen LogP contribution is 2.21. The van der Waals surface area contributed by atoms with Crippen LogP contribution in [-0.2, 0) is 17.9 Å². The lowest BCUT2D eigenvalue weighted by Gasteiger charge is -2.26. The summed E-state index contributed by atoms with van der Waals surface area (Å²) in [4.78, 5) is 18.5. The molecule has 1 fully saturated rings. The van der Waals surface area contributed by atoms with Crippen molar-refractivity contribution in [1.82, 2.24) is 10.6 Å². The lowest BCUT2D eigenvalue weighted by atomic mass is 10.1. The molecule has 3 rings (SSSR count). The molecule has 1 saturated heterocycles. The molecule has 2 N–H and O–H groups in total. The third-order valence-electron chi connectivity index (χ3n) is 4.35. The number of piperidine rings is 1. The van der Waals surface area contributed by atoms with Crippen molar-refractivity contribution in [3.63, 3.8) is 0 Å². The standard InChI is InChI=1S/C20H26N4O2/c1-2-21-20(23-15-18-6-5-13-26-18)22-14-16-8-10-17(11-9-16)24-12-4-3-7-19(24)25/h5-6,8-11,13H,2-4,7,12,14-15H2,1H3,(H2,21,22,23). The van der Waals surface area contributed by atoms with Gasteiger partial charge in [0.05, 0.1) is 19.4 Å². The highest BCUT2D eigenvalue weighted by Gasteiger charge is 2.19. The first-order valence-corrected chi connectivity index (χ1v) is 9.20. The smallest absolute Gasteiger partial charge is 0.226 e. The van der Waals surface area contributed by atoms with Gasteiger partial charge < -0.3 is 20.0 Å². The van der Waals surface area contributed by atoms with Gasteiger partial charge in [-0.3, -0.25) is 4.79 Å². The minimum atomic E-state index is 0.221. The maximum absolute atomic E-state index is 12.0. The molecular weight excluding hydrogens is 328 g/mol. The number of nitrogens with one attached hydrogen (secondary N) is 2. The molecule has 0 unspecified atom stereocenters. The Morgan fingerprint density at radius 1 is 1.19 bits per heavy atom. The van der Waals surface area contributed by atoms with E-state index < -0.39 is 0 Å². The number of carbonyl (C=O) groups excluding carboxylic acids is 1. The van der Waals surface area contributed by atoms with E-state index in [-0.39, 0.29) is 5.91 Å². The summed E-state index contributed by atoms with van der Waals surface area (Å²) in [6.07, 6.45) is 4.39. The molecule has 6 nitrogen and oxygen atoms in total. The van der Waals surface area contributed by atoms with E-state index in [0.29, 0.717) is 19.5 Å². The number of hydrogen-bond donors (Lipinski definition) is 2. The van der Waals surface area contributed by atoms with Crippen LogP contribution in [0.3, 0.4) is 0 Å². The first kappa shape index (κ1) is 18.0. The number of furan rings is 1. The van der Waals surface area contributed by atoms with E-state index in [4.69, 9.17) is 4.42 Å². The Morgan fingerprint density at radius 2 is 2.04 bits per heavy atom. The number of amides is 1. The zero-order chi connectivity index (χ0) is 18.2. The first-order chi connectivity index (χ1) is 12.8. The topological polar surface area (TPSA) is 69.9 Å². The summed E-state index contributed by atoms with van der Waals surface area (Å²) in [6, 6.07) is 11.9. The number of guanidine groups is 1. The van der Waals surface area contributed by atoms with Crippen molar-refractivity contribution in [2.75, 3.05) is 18.0 Å². The van der Waals surface area contributed by atoms with E-state index in [1.165, 1.54) is 0 Å². The van der Waals surface area contributed by atoms with Crippen LogP contribution in [0.5, 0.6) is 0 Å². The van der Waals surface area contributed by atoms with Crippen LogP contribution >= 0.6 is 0 Å². The van der Waals surface area contributed by atoms with E-state index in [9.17, 15) is 4.79 Å². The van der Waals surface area contributed by atoms with Gasteiger partial charge in [-0.25, -0.2) is 4.99 Å². The van der Waals surface area contributed by atoms with Gasteiger partial charge >= 0.3 is 0 Å². The van der Waals surface area contributed by atoms with Crippen molar-refractivity contribution < 1.29 is 9.21 Å². The zero-order valence-corrected chi connectivity index (χ0v) is 15.2. The summed E-state index contributed by atoms with van der Waals surface area (Å²) in [5.41, 5.74) is 2.08. The van der Waals surface area contributed by atoms with Gasteiger partial charge in [-0.05, 0) is 49.6 Å². The van der Waals surface area contributed by atoms with Gasteiger partial charge in [0, 0.05) is 25.2 Å². The SMILES string of the molecule is CCNC(=NCc1ccc(N2CCCCC2=O)cc1)NCc1ccco1. The Hall–Kier alpha value is -2.76. The Labute approximate surface area is 154 Å². The number of anilines is 1. The molecule has 1 amide bonds. The minimum absolute atomic E-state index is 0.221. The fourth-order valence-corrected chi connectivity index (χ4v) is 2.96. The van der Waals surface area contributed by atoms with Crippen LogP contribution in [-0.4, -0.2) is 25.0 Å². The third kappa shape index (κ3) is 4.88. The molecule has 0 saturated carbocycles. The minimum Gasteiger partial charge on any atom is -0.467 e. The monoisotopic (exact) mass is 354 g/mol. The van der Waals surface area contributed by atoms with Gasteiger partial charge in [0.25, 0.3) is 0 Å². The molecule has 138 valence electrons. The largest absolute Gasteiger partial charge is 0.467 e. The predicted octanol–water partition coefficient (Wildman–Crippen LogP) is 3.05. The predicted molar refractivity (Wildman–Crippen MR) is 103 cm³/mol. The summed E-state index contributed by atoms with van der Waals surface area (Å²) in [6.45, 7) is 4.81. The van der Waals surface area contributed by atoms with Crippen molar-refractivity contribution in [2.24, 2.45) is 4.99 Å². The number of aliphatic imine (C=N–C) groups is 1. The summed E-state index contributed by atoms with van der Waals surface area (Å²) >= 11 is 0. The van der Waals surface area contributed by atoms with Crippen LogP contribution in [0.15, 0.2) is 52.1 Å². The van der Waals surface area contributed by atoms with Crippen LogP contribution in [0.2, 0.25) is 0 Å². The van der Waals surface area contributed by atoms with E-state index >= 15 is 0 Å². The third-order valence-corrected chi connectivity index (χ3v) is 4.35. The molecule has 1 aliphatic heterocycles. The molecule has 2 aromatic rings. The number of carbonyl (C=O) groups is 1. The Bertz CT molecular complexity index is 723. The Balaban J connectivity index is 1.59. The van der Waals surface area contributed by atoms with Crippen molar-refractivity contribution in [1.29, 1.82) is 0 Å². The molecule has 0 aliphatic carbocycles. The average molecular weight is 354 g/mol. The van der Waals surface area contributed by atoms with Crippen molar-refractivity contribution >= 4 is 17.6 Å². The fourth-order valence-electron chi connectivity index (χ4n) is 2.96. The molecule has 6 heteroatoms. The number of benzene rings is 1. The number of nitrogens with zero attached hydrogens (tertiary/aromatic N) is 2. The number of rotatable bonds is 6. The van der Waals surface area contributed by atoms with E-state index in [1.807, 2.05) is 48.2 Å². The van der Waals surface area contributed by atoms with Crippen molar-refractivity contribution in [3.8, 4) is 0 Å². The summed E-state index contributed by atoms with van der Waals surface area (Å²) in [5, 5.41) is 6.48. The van der Waals surface area contributed by atoms with E-state index in [1.54, 1.807) is 6.26 Å². The Kier molecular flexibility index (Phi) is 6.30. The summed E-state index contributed by atoms with van der Waals surface area (Å²) < 4.78 is 5.33. The molecule has 1 aliphatic rings. The highest BCUT2D eigenvalue weighted by molar-refractivity contribution is 5.93. The van der Waals surface area contributed by atoms with Crippen molar-refractivity contribution in [2.45, 2.75) is 39.3 Å². The van der Waals surface area contributed by atoms with Crippen LogP contribution in [0.1, 0.15) is 37.5 Å². The zero-order valence-electron chi connectivity index (χ0n) is 15.2. The van der Waals surface area contributed by atoms with Crippen LogP contribution < -0.4 is 15.5 Å². The maximum Gasteiger partial charge on any atom is 0.226 e. The Morgan fingerprint density at radius 3 is 2.73 bits per heavy atom. The second-order valence-electron chi connectivity index (χ2n) is 6.30. The van der Waals surface area contributed by atoms with Gasteiger partial charge in [0.1, 0.15) is 5.76 Å². The molecule has 1 aromatic carbocycles. The van der Waals surface area contributed by atoms with Crippen LogP contribution in [0, 0.1) is 0 Å². The van der Waals surface area contributed by atoms with Crippen molar-refractivity contribution in [3.05, 3.63) is 54.0 Å². The van der Waals surface area contributed by atoms with Gasteiger partial charge in [-0.1, -0.05) is 12.1 Å². The normalized spacial score (nSPS) is 15.2. The second kappa shape index (κ2) is 9.08. The molecule has 0 spiro atoms. The average Bonchev–Trinajstić information content (AvgIpc) is 3.19. The van der Waals surface area contributed by atoms with Gasteiger partial charge in [0.2, 0.25) is 5.91 Å². The molecule has 0 atom stereocenters. The summed E-state index contributed by atoms with van der Waals surface area (Å²) in [5.74, 6) is 1.84. The molecule has 2 heterocycles. The highest BCUT2D eigenvalue weighted by atomic mass is 16.3. The van der Waals surface area contributed by atoms with E-state index in [2.05, 4.69) is 15.6 Å². The second-order valence-corrected chi connectivity index (χ2v) is 6.30. The molecule has 26 heavy (non-hydrogen) atoms. The van der Waals surface area contributed by atoms with Gasteiger partial charge in [0.15, 0.2) is 5.96 Å². The molecule has 1 aromatic heterocycles. The van der Waals surface area contributed by atoms with Crippen LogP contribution in [0.4, 0.5) is 5.69 Å². The first-order valence-electron chi connectivity index (χ1n) is 9.20. The lowest BCUT2D eigenvalue weighted by molar-refractivity contribution is -0.119. The van der Waals surface area contributed by atoms with E-state index in [0.717, 1.165) is 48.9 Å². The maximum atomic E-state index is 12.0. The molecule has 0 bridgehead atoms. The molecule has 0 radical (unpaired) electrons. The fraction of sp³-hybridized carbons (Fsp3) is 0.400. The quantitative estimate of drug-likeness (QED) is 0.618. The lowest BCUT2D eigenvalue weighted by Crippen LogP contribution is -2.36. The number of hydrogen-bond acceptors (Lipinski definition) is 3.